The van der Waals surface area contributed by atoms with Crippen LogP contribution in [0.2, 0.25) is 0 Å². The molecule has 0 heterocycles. The van der Waals surface area contributed by atoms with Gasteiger partial charge in [0.25, 0.3) is 0 Å². The molecule has 0 spiro atoms. The number of hydrogen-bond acceptors (Lipinski definition) is 6. The van der Waals surface area contributed by atoms with Gasteiger partial charge in [0, 0.05) is 24.0 Å². The minimum absolute atomic E-state index is 0.129. The van der Waals surface area contributed by atoms with Crippen molar-refractivity contribution in [2.75, 3.05) is 19.8 Å². The summed E-state index contributed by atoms with van der Waals surface area (Å²) in [5, 5.41) is 11.3. The van der Waals surface area contributed by atoms with Crippen LogP contribution in [-0.2, 0) is 29.9 Å². The highest BCUT2D eigenvalue weighted by atomic mass is 16.5. The van der Waals surface area contributed by atoms with E-state index in [9.17, 15) is 14.7 Å². The summed E-state index contributed by atoms with van der Waals surface area (Å²) in [5.74, 6) is 1.65. The average molecular weight is 647 g/mol. The number of hydrogen-bond donors (Lipinski definition) is 1. The highest BCUT2D eigenvalue weighted by Gasteiger charge is 2.31. The van der Waals surface area contributed by atoms with Crippen molar-refractivity contribution in [1.82, 2.24) is 0 Å². The molecule has 6 heteroatoms. The summed E-state index contributed by atoms with van der Waals surface area (Å²) >= 11 is 0. The number of carbonyl (C=O) groups is 2. The number of benzene rings is 1. The number of rotatable bonds is 26. The third-order valence-corrected chi connectivity index (χ3v) is 9.72. The molecule has 0 aliphatic heterocycles. The summed E-state index contributed by atoms with van der Waals surface area (Å²) in [4.78, 5) is 25.0. The predicted molar refractivity (Wildman–Crippen MR) is 191 cm³/mol. The summed E-state index contributed by atoms with van der Waals surface area (Å²) in [7, 11) is 0. The molecule has 1 aromatic carbocycles. The van der Waals surface area contributed by atoms with E-state index in [4.69, 9.17) is 14.2 Å². The predicted octanol–water partition coefficient (Wildman–Crippen LogP) is 11.0. The number of ether oxygens (including phenoxy) is 3. The SMILES string of the molecule is CCCCOc1cc(C(C)(C)CCCC(=O)OCC(CC)CCCC)c(O)cc1C(C)(C)CCCC(=O)OCC(CC)CCCC. The smallest absolute Gasteiger partial charge is 0.305 e. The van der Waals surface area contributed by atoms with E-state index < -0.39 is 0 Å². The molecule has 46 heavy (non-hydrogen) atoms. The van der Waals surface area contributed by atoms with E-state index in [-0.39, 0.29) is 28.5 Å². The van der Waals surface area contributed by atoms with Gasteiger partial charge in [-0.3, -0.25) is 9.59 Å². The Morgan fingerprint density at radius 2 is 1.13 bits per heavy atom. The average Bonchev–Trinajstić information content (AvgIpc) is 3.01. The van der Waals surface area contributed by atoms with E-state index in [2.05, 4.69) is 62.3 Å². The molecule has 266 valence electrons. The maximum absolute atomic E-state index is 12.5. The highest BCUT2D eigenvalue weighted by molar-refractivity contribution is 5.69. The summed E-state index contributed by atoms with van der Waals surface area (Å²) in [6.45, 7) is 21.0. The molecule has 0 fully saturated rings. The number of aromatic hydroxyl groups is 1. The number of phenols is 1. The first-order chi connectivity index (χ1) is 21.8. The second-order valence-corrected chi connectivity index (χ2v) is 14.7. The van der Waals surface area contributed by atoms with Gasteiger partial charge in [0.05, 0.1) is 19.8 Å². The lowest BCUT2D eigenvalue weighted by Crippen LogP contribution is -2.22. The monoisotopic (exact) mass is 647 g/mol. The van der Waals surface area contributed by atoms with Crippen LogP contribution >= 0.6 is 0 Å². The van der Waals surface area contributed by atoms with Crippen LogP contribution in [0.1, 0.15) is 176 Å². The molecular weight excluding hydrogens is 576 g/mol. The Morgan fingerprint density at radius 1 is 0.674 bits per heavy atom. The Morgan fingerprint density at radius 3 is 1.57 bits per heavy atom. The lowest BCUT2D eigenvalue weighted by Gasteiger charge is -2.32. The molecule has 0 amide bonds. The van der Waals surface area contributed by atoms with Crippen LogP contribution in [0.4, 0.5) is 0 Å². The Kier molecular flexibility index (Phi) is 20.3. The van der Waals surface area contributed by atoms with E-state index in [1.54, 1.807) is 0 Å². The van der Waals surface area contributed by atoms with Gasteiger partial charge in [0.15, 0.2) is 0 Å². The van der Waals surface area contributed by atoms with Crippen LogP contribution in [-0.4, -0.2) is 36.9 Å². The largest absolute Gasteiger partial charge is 0.508 e. The van der Waals surface area contributed by atoms with Crippen molar-refractivity contribution in [3.63, 3.8) is 0 Å². The van der Waals surface area contributed by atoms with Crippen LogP contribution < -0.4 is 4.74 Å². The van der Waals surface area contributed by atoms with Crippen LogP contribution in [0.3, 0.4) is 0 Å². The van der Waals surface area contributed by atoms with E-state index >= 15 is 0 Å². The molecule has 0 saturated carbocycles. The lowest BCUT2D eigenvalue weighted by molar-refractivity contribution is -0.146. The number of esters is 2. The molecule has 2 atom stereocenters. The first-order valence-corrected chi connectivity index (χ1v) is 18.7. The van der Waals surface area contributed by atoms with Gasteiger partial charge in [-0.05, 0) is 79.7 Å². The minimum atomic E-state index is -0.361. The van der Waals surface area contributed by atoms with Crippen LogP contribution in [0, 0.1) is 11.8 Å². The molecule has 1 rings (SSSR count). The van der Waals surface area contributed by atoms with Crippen molar-refractivity contribution in [3.8, 4) is 11.5 Å². The van der Waals surface area contributed by atoms with Crippen molar-refractivity contribution in [2.45, 2.75) is 176 Å². The summed E-state index contributed by atoms with van der Waals surface area (Å²) in [6.07, 6.45) is 14.5. The lowest BCUT2D eigenvalue weighted by atomic mass is 9.75. The molecule has 0 bridgehead atoms. The topological polar surface area (TPSA) is 82.1 Å². The van der Waals surface area contributed by atoms with Crippen molar-refractivity contribution in [2.24, 2.45) is 11.8 Å². The molecule has 1 aromatic rings. The maximum Gasteiger partial charge on any atom is 0.305 e. The van der Waals surface area contributed by atoms with Crippen molar-refractivity contribution >= 4 is 11.9 Å². The summed E-state index contributed by atoms with van der Waals surface area (Å²) < 4.78 is 17.6. The van der Waals surface area contributed by atoms with Crippen LogP contribution in [0.25, 0.3) is 0 Å². The fraction of sp³-hybridized carbons (Fsp3) is 0.800. The van der Waals surface area contributed by atoms with Gasteiger partial charge in [0.1, 0.15) is 11.5 Å². The number of phenolic OH excluding ortho intramolecular Hbond substituents is 1. The third-order valence-electron chi connectivity index (χ3n) is 9.72. The van der Waals surface area contributed by atoms with E-state index in [0.717, 1.165) is 81.1 Å². The standard InChI is InChI=1S/C40H70O6/c1-10-15-20-31(13-4)29-45-37(42)22-18-24-39(6,7)33-28-36(44-26-17-12-3)34(27-35(33)41)40(8,9)25-19-23-38(43)46-30-32(14-5)21-16-11-2/h27-28,31-32,41H,10-26,29-30H2,1-9H3. The Hall–Kier alpha value is -2.24. The normalized spacial score (nSPS) is 13.3. The zero-order chi connectivity index (χ0) is 34.6. The minimum Gasteiger partial charge on any atom is -0.508 e. The molecular formula is C40H70O6. The van der Waals surface area contributed by atoms with Crippen molar-refractivity contribution < 1.29 is 28.9 Å². The van der Waals surface area contributed by atoms with Crippen LogP contribution in [0.15, 0.2) is 12.1 Å². The fourth-order valence-corrected chi connectivity index (χ4v) is 6.07. The van der Waals surface area contributed by atoms with Gasteiger partial charge in [0.2, 0.25) is 0 Å². The Labute approximate surface area is 282 Å². The molecule has 2 unspecified atom stereocenters. The van der Waals surface area contributed by atoms with E-state index in [1.807, 2.05) is 12.1 Å². The second kappa shape index (κ2) is 22.4. The molecule has 0 saturated heterocycles. The molecule has 0 aliphatic carbocycles. The number of unbranched alkanes of at least 4 members (excludes halogenated alkanes) is 3. The van der Waals surface area contributed by atoms with Gasteiger partial charge in [-0.15, -0.1) is 0 Å². The number of carbonyl (C=O) groups excluding carboxylic acids is 2. The third kappa shape index (κ3) is 15.6. The van der Waals surface area contributed by atoms with E-state index in [0.29, 0.717) is 57.3 Å². The first-order valence-electron chi connectivity index (χ1n) is 18.7. The summed E-state index contributed by atoms with van der Waals surface area (Å²) in [6, 6.07) is 3.88. The zero-order valence-electron chi connectivity index (χ0n) is 31.2. The molecule has 0 aliphatic rings. The van der Waals surface area contributed by atoms with Gasteiger partial charge in [-0.1, -0.05) is 107 Å². The quantitative estimate of drug-likeness (QED) is 0.0796. The van der Waals surface area contributed by atoms with Crippen molar-refractivity contribution in [3.05, 3.63) is 23.3 Å². The molecule has 1 N–H and O–H groups in total. The zero-order valence-corrected chi connectivity index (χ0v) is 31.2. The van der Waals surface area contributed by atoms with Gasteiger partial charge >= 0.3 is 11.9 Å². The van der Waals surface area contributed by atoms with E-state index in [1.165, 1.54) is 12.8 Å². The first kappa shape index (κ1) is 41.8. The van der Waals surface area contributed by atoms with Gasteiger partial charge < -0.3 is 19.3 Å². The highest BCUT2D eigenvalue weighted by Crippen LogP contribution is 2.44. The fourth-order valence-electron chi connectivity index (χ4n) is 6.07. The van der Waals surface area contributed by atoms with Crippen molar-refractivity contribution in [1.29, 1.82) is 0 Å². The molecule has 6 nitrogen and oxygen atoms in total. The van der Waals surface area contributed by atoms with Gasteiger partial charge in [-0.25, -0.2) is 0 Å². The summed E-state index contributed by atoms with van der Waals surface area (Å²) in [5.41, 5.74) is 1.11. The van der Waals surface area contributed by atoms with Gasteiger partial charge in [-0.2, -0.15) is 0 Å². The second-order valence-electron chi connectivity index (χ2n) is 14.7. The van der Waals surface area contributed by atoms with Crippen LogP contribution in [0.5, 0.6) is 11.5 Å². The molecule has 0 aromatic heterocycles. The Balaban J connectivity index is 2.91. The molecule has 0 radical (unpaired) electrons. The maximum atomic E-state index is 12.5. The Bertz CT molecular complexity index is 998.